The van der Waals surface area contributed by atoms with Crippen molar-refractivity contribution in [3.8, 4) is 22.8 Å². The van der Waals surface area contributed by atoms with Gasteiger partial charge in [-0.15, -0.1) is 10.2 Å². The predicted octanol–water partition coefficient (Wildman–Crippen LogP) is 4.78. The number of carbonyl (C=O) groups excluding carboxylic acids is 1. The van der Waals surface area contributed by atoms with E-state index in [9.17, 15) is 4.79 Å². The highest BCUT2D eigenvalue weighted by atomic mass is 35.5. The number of hydrogen-bond donors (Lipinski definition) is 3. The lowest BCUT2D eigenvalue weighted by molar-refractivity contribution is -0.113. The van der Waals surface area contributed by atoms with Gasteiger partial charge in [0.2, 0.25) is 16.9 Å². The number of hydrogen-bond acceptors (Lipinski definition) is 6. The van der Waals surface area contributed by atoms with Crippen LogP contribution >= 0.6 is 23.4 Å². The number of nitrogen functional groups attached to an aromatic ring is 1. The summed E-state index contributed by atoms with van der Waals surface area (Å²) in [6.45, 7) is 2.17. The molecule has 2 aromatic heterocycles. The number of aryl methyl sites for hydroxylation is 1. The Kier molecular flexibility index (Phi) is 7.31. The van der Waals surface area contributed by atoms with Gasteiger partial charge in [0.1, 0.15) is 5.69 Å². The van der Waals surface area contributed by atoms with Crippen LogP contribution in [0.4, 0.5) is 5.69 Å². The predicted molar refractivity (Wildman–Crippen MR) is 133 cm³/mol. The minimum absolute atomic E-state index is 0.141. The Bertz CT molecular complexity index is 1220. The Morgan fingerprint density at radius 1 is 1.15 bits per heavy atom. The molecular weight excluding hydrogens is 458 g/mol. The molecule has 0 saturated carbocycles. The largest absolute Gasteiger partial charge is 0.335 e. The second-order valence-corrected chi connectivity index (χ2v) is 8.87. The number of anilines is 1. The van der Waals surface area contributed by atoms with Gasteiger partial charge in [-0.25, -0.2) is 4.68 Å². The van der Waals surface area contributed by atoms with Crippen LogP contribution < -0.4 is 11.2 Å². The monoisotopic (exact) mass is 481 g/mol. The third kappa shape index (κ3) is 5.74. The van der Waals surface area contributed by atoms with Crippen LogP contribution in [-0.2, 0) is 11.2 Å². The fourth-order valence-electron chi connectivity index (χ4n) is 3.23. The zero-order valence-corrected chi connectivity index (χ0v) is 19.7. The van der Waals surface area contributed by atoms with E-state index in [1.165, 1.54) is 22.0 Å². The van der Waals surface area contributed by atoms with Crippen molar-refractivity contribution in [3.63, 3.8) is 0 Å². The minimum Gasteiger partial charge on any atom is -0.335 e. The Hall–Kier alpha value is -3.30. The van der Waals surface area contributed by atoms with Crippen LogP contribution in [0.1, 0.15) is 25.3 Å². The molecule has 0 bridgehead atoms. The highest BCUT2D eigenvalue weighted by Crippen LogP contribution is 2.25. The smallest absolute Gasteiger partial charge is 0.234 e. The molecule has 0 spiro atoms. The summed E-state index contributed by atoms with van der Waals surface area (Å²) >= 11 is 7.16. The molecular formula is C23H24ClN7OS. The first-order chi connectivity index (χ1) is 16.0. The minimum atomic E-state index is -0.141. The van der Waals surface area contributed by atoms with Gasteiger partial charge >= 0.3 is 0 Å². The summed E-state index contributed by atoms with van der Waals surface area (Å²) in [5.41, 5.74) is 4.30. The van der Waals surface area contributed by atoms with E-state index in [0.29, 0.717) is 21.7 Å². The van der Waals surface area contributed by atoms with E-state index in [2.05, 4.69) is 32.6 Å². The second-order valence-electron chi connectivity index (χ2n) is 7.49. The number of nitrogens with one attached hydrogen (secondary N) is 2. The Morgan fingerprint density at radius 2 is 1.91 bits per heavy atom. The molecule has 0 aliphatic heterocycles. The van der Waals surface area contributed by atoms with Gasteiger partial charge in [0.05, 0.1) is 11.4 Å². The summed E-state index contributed by atoms with van der Waals surface area (Å²) in [6, 6.07) is 17.1. The first kappa shape index (κ1) is 22.9. The van der Waals surface area contributed by atoms with Gasteiger partial charge in [-0.2, -0.15) is 5.10 Å². The maximum Gasteiger partial charge on any atom is 0.234 e. The number of aromatic nitrogens is 5. The molecule has 0 aliphatic carbocycles. The molecule has 4 aromatic rings. The maximum absolute atomic E-state index is 12.4. The average Bonchev–Trinajstić information content (AvgIpc) is 3.44. The summed E-state index contributed by atoms with van der Waals surface area (Å²) in [5.74, 6) is 6.61. The number of thioether (sulfide) groups is 1. The number of carbonyl (C=O) groups is 1. The molecule has 2 heterocycles. The molecule has 1 amide bonds. The quantitative estimate of drug-likeness (QED) is 0.234. The number of benzene rings is 2. The molecule has 0 saturated heterocycles. The highest BCUT2D eigenvalue weighted by Gasteiger charge is 2.16. The van der Waals surface area contributed by atoms with Crippen molar-refractivity contribution in [1.29, 1.82) is 0 Å². The van der Waals surface area contributed by atoms with Crippen LogP contribution in [0.3, 0.4) is 0 Å². The molecule has 8 nitrogen and oxygen atoms in total. The lowest BCUT2D eigenvalue weighted by Gasteiger charge is -2.06. The summed E-state index contributed by atoms with van der Waals surface area (Å²) < 4.78 is 1.35. The zero-order valence-electron chi connectivity index (χ0n) is 18.1. The summed E-state index contributed by atoms with van der Waals surface area (Å²) in [4.78, 5) is 12.4. The Morgan fingerprint density at radius 3 is 2.64 bits per heavy atom. The van der Waals surface area contributed by atoms with Crippen LogP contribution in [0.15, 0.2) is 59.8 Å². The fourth-order valence-corrected chi connectivity index (χ4v) is 4.01. The van der Waals surface area contributed by atoms with Crippen molar-refractivity contribution in [1.82, 2.24) is 25.1 Å². The molecule has 0 radical (unpaired) electrons. The maximum atomic E-state index is 12.4. The molecule has 170 valence electrons. The van der Waals surface area contributed by atoms with Gasteiger partial charge in [-0.3, -0.25) is 9.89 Å². The van der Waals surface area contributed by atoms with Crippen molar-refractivity contribution >= 4 is 35.0 Å². The normalized spacial score (nSPS) is 11.0. The first-order valence-electron chi connectivity index (χ1n) is 10.6. The topological polar surface area (TPSA) is 115 Å². The number of H-pyrrole nitrogens is 1. The van der Waals surface area contributed by atoms with Crippen molar-refractivity contribution in [2.75, 3.05) is 16.9 Å². The number of unbranched alkanes of at least 4 members (excludes halogenated alkanes) is 1. The van der Waals surface area contributed by atoms with Crippen LogP contribution in [-0.4, -0.2) is 36.7 Å². The molecule has 4 rings (SSSR count). The summed E-state index contributed by atoms with van der Waals surface area (Å²) in [5, 5.41) is 19.5. The summed E-state index contributed by atoms with van der Waals surface area (Å²) in [7, 11) is 0. The van der Waals surface area contributed by atoms with Gasteiger partial charge in [0.15, 0.2) is 0 Å². The number of amides is 1. The number of nitrogens with two attached hydrogens (primary N) is 1. The SMILES string of the molecule is CCCCc1ccc(NC(=O)CSc2nnc(-c3cc(-c4ccc(Cl)cc4)n[nH]3)n2N)cc1. The van der Waals surface area contributed by atoms with Gasteiger partial charge in [-0.1, -0.05) is 61.0 Å². The first-order valence-corrected chi connectivity index (χ1v) is 11.9. The van der Waals surface area contributed by atoms with Crippen molar-refractivity contribution < 1.29 is 4.79 Å². The van der Waals surface area contributed by atoms with E-state index in [1.54, 1.807) is 12.1 Å². The second kappa shape index (κ2) is 10.5. The van der Waals surface area contributed by atoms with Crippen LogP contribution in [0.5, 0.6) is 0 Å². The standard InChI is InChI=1S/C23H24ClN7OS/c1-2-3-4-15-5-11-18(12-6-15)26-21(32)14-33-23-30-29-22(31(23)25)20-13-19(27-28-20)16-7-9-17(24)10-8-16/h5-13H,2-4,14,25H2,1H3,(H,26,32)(H,27,28). The summed E-state index contributed by atoms with van der Waals surface area (Å²) in [6.07, 6.45) is 3.37. The van der Waals surface area contributed by atoms with Gasteiger partial charge < -0.3 is 11.2 Å². The van der Waals surface area contributed by atoms with Gasteiger partial charge in [-0.05, 0) is 48.7 Å². The van der Waals surface area contributed by atoms with E-state index in [-0.39, 0.29) is 11.7 Å². The van der Waals surface area contributed by atoms with Crippen molar-refractivity contribution in [2.45, 2.75) is 31.3 Å². The van der Waals surface area contributed by atoms with Crippen LogP contribution in [0, 0.1) is 0 Å². The Balaban J connectivity index is 1.35. The van der Waals surface area contributed by atoms with E-state index in [4.69, 9.17) is 17.4 Å². The molecule has 0 fully saturated rings. The third-order valence-corrected chi connectivity index (χ3v) is 6.21. The van der Waals surface area contributed by atoms with Crippen LogP contribution in [0.25, 0.3) is 22.8 Å². The van der Waals surface area contributed by atoms with E-state index in [1.807, 2.05) is 42.5 Å². The van der Waals surface area contributed by atoms with Crippen molar-refractivity contribution in [2.24, 2.45) is 0 Å². The van der Waals surface area contributed by atoms with Crippen LogP contribution in [0.2, 0.25) is 5.02 Å². The molecule has 33 heavy (non-hydrogen) atoms. The third-order valence-electron chi connectivity index (χ3n) is 5.01. The number of halogens is 1. The number of rotatable bonds is 9. The molecule has 2 aromatic carbocycles. The lowest BCUT2D eigenvalue weighted by atomic mass is 10.1. The average molecular weight is 482 g/mol. The molecule has 0 unspecified atom stereocenters. The number of nitrogens with zero attached hydrogens (tertiary/aromatic N) is 4. The fraction of sp³-hybridized carbons (Fsp3) is 0.217. The highest BCUT2D eigenvalue weighted by molar-refractivity contribution is 7.99. The molecule has 0 aliphatic rings. The van der Waals surface area contributed by atoms with E-state index >= 15 is 0 Å². The number of aromatic amines is 1. The van der Waals surface area contributed by atoms with Gasteiger partial charge in [0, 0.05) is 16.3 Å². The molecule has 0 atom stereocenters. The zero-order chi connectivity index (χ0) is 23.2. The van der Waals surface area contributed by atoms with E-state index < -0.39 is 0 Å². The molecule has 4 N–H and O–H groups in total. The van der Waals surface area contributed by atoms with Crippen molar-refractivity contribution in [3.05, 3.63) is 65.2 Å². The van der Waals surface area contributed by atoms with Gasteiger partial charge in [0.25, 0.3) is 0 Å². The Labute approximate surface area is 200 Å². The molecule has 10 heteroatoms. The van der Waals surface area contributed by atoms with E-state index in [0.717, 1.165) is 36.2 Å². The lowest BCUT2D eigenvalue weighted by Crippen LogP contribution is -2.16.